The average molecular weight is 332 g/mol. The molecule has 0 fully saturated rings. The molecule has 0 spiro atoms. The molecule has 2 N–H and O–H groups in total. The standard InChI is InChI=1S/C17H18ClN3O2/c1-11-9-12(18)7-8-15(11)20-17(23)16(22)19-13-5-4-6-14(10-13)21(2)3/h4-10H,1-3H3,(H,19,22)(H,20,23). The number of benzene rings is 2. The van der Waals surface area contributed by atoms with Crippen molar-refractivity contribution in [2.24, 2.45) is 0 Å². The second kappa shape index (κ2) is 7.15. The lowest BCUT2D eigenvalue weighted by Gasteiger charge is -2.14. The molecular weight excluding hydrogens is 314 g/mol. The van der Waals surface area contributed by atoms with Crippen molar-refractivity contribution < 1.29 is 9.59 Å². The van der Waals surface area contributed by atoms with Gasteiger partial charge in [-0.2, -0.15) is 0 Å². The third-order valence-corrected chi connectivity index (χ3v) is 3.50. The SMILES string of the molecule is Cc1cc(Cl)ccc1NC(=O)C(=O)Nc1cccc(N(C)C)c1. The summed E-state index contributed by atoms with van der Waals surface area (Å²) in [5.74, 6) is -1.46. The van der Waals surface area contributed by atoms with Crippen LogP contribution in [0.5, 0.6) is 0 Å². The van der Waals surface area contributed by atoms with Crippen molar-refractivity contribution >= 4 is 40.5 Å². The van der Waals surface area contributed by atoms with Gasteiger partial charge in [0.25, 0.3) is 0 Å². The first kappa shape index (κ1) is 16.8. The number of carbonyl (C=O) groups excluding carboxylic acids is 2. The smallest absolute Gasteiger partial charge is 0.314 e. The molecule has 0 heterocycles. The molecule has 0 saturated heterocycles. The summed E-state index contributed by atoms with van der Waals surface area (Å²) in [7, 11) is 3.80. The van der Waals surface area contributed by atoms with Gasteiger partial charge in [0, 0.05) is 36.2 Å². The number of rotatable bonds is 3. The molecule has 23 heavy (non-hydrogen) atoms. The Morgan fingerprint density at radius 1 is 1.00 bits per heavy atom. The first-order chi connectivity index (χ1) is 10.9. The summed E-state index contributed by atoms with van der Waals surface area (Å²) in [6.45, 7) is 1.81. The molecule has 0 bridgehead atoms. The van der Waals surface area contributed by atoms with E-state index in [0.717, 1.165) is 11.3 Å². The van der Waals surface area contributed by atoms with Crippen LogP contribution in [0.15, 0.2) is 42.5 Å². The zero-order chi connectivity index (χ0) is 17.0. The second-order valence-corrected chi connectivity index (χ2v) is 5.75. The fraction of sp³-hybridized carbons (Fsp3) is 0.176. The quantitative estimate of drug-likeness (QED) is 0.848. The van der Waals surface area contributed by atoms with Crippen LogP contribution in [0, 0.1) is 6.92 Å². The van der Waals surface area contributed by atoms with E-state index in [4.69, 9.17) is 11.6 Å². The van der Waals surface area contributed by atoms with E-state index in [1.54, 1.807) is 37.3 Å². The number of nitrogens with zero attached hydrogens (tertiary/aromatic N) is 1. The Morgan fingerprint density at radius 2 is 1.70 bits per heavy atom. The highest BCUT2D eigenvalue weighted by Crippen LogP contribution is 2.20. The summed E-state index contributed by atoms with van der Waals surface area (Å²) in [5.41, 5.74) is 2.82. The van der Waals surface area contributed by atoms with Gasteiger partial charge in [-0.1, -0.05) is 17.7 Å². The third-order valence-electron chi connectivity index (χ3n) is 3.26. The molecular formula is C17H18ClN3O2. The Labute approximate surface area is 140 Å². The van der Waals surface area contributed by atoms with Crippen molar-refractivity contribution in [1.82, 2.24) is 0 Å². The van der Waals surface area contributed by atoms with Crippen LogP contribution in [0.3, 0.4) is 0 Å². The van der Waals surface area contributed by atoms with Crippen molar-refractivity contribution in [2.75, 3.05) is 29.6 Å². The van der Waals surface area contributed by atoms with Crippen LogP contribution in [0.2, 0.25) is 5.02 Å². The number of nitrogens with one attached hydrogen (secondary N) is 2. The van der Waals surface area contributed by atoms with Crippen molar-refractivity contribution in [3.8, 4) is 0 Å². The van der Waals surface area contributed by atoms with Crippen LogP contribution < -0.4 is 15.5 Å². The van der Waals surface area contributed by atoms with E-state index in [9.17, 15) is 9.59 Å². The maximum absolute atomic E-state index is 12.0. The molecule has 2 aromatic rings. The summed E-state index contributed by atoms with van der Waals surface area (Å²) in [4.78, 5) is 25.9. The molecule has 5 nitrogen and oxygen atoms in total. The molecule has 0 aliphatic carbocycles. The molecule has 0 aromatic heterocycles. The molecule has 0 aliphatic rings. The van der Waals surface area contributed by atoms with E-state index in [-0.39, 0.29) is 0 Å². The van der Waals surface area contributed by atoms with Crippen LogP contribution in [0.25, 0.3) is 0 Å². The minimum atomic E-state index is -0.731. The molecule has 0 unspecified atom stereocenters. The van der Waals surface area contributed by atoms with Gasteiger partial charge in [-0.05, 0) is 48.9 Å². The highest BCUT2D eigenvalue weighted by Gasteiger charge is 2.15. The zero-order valence-corrected chi connectivity index (χ0v) is 13.9. The van der Waals surface area contributed by atoms with Crippen molar-refractivity contribution in [2.45, 2.75) is 6.92 Å². The average Bonchev–Trinajstić information content (AvgIpc) is 2.50. The molecule has 0 aliphatic heterocycles. The van der Waals surface area contributed by atoms with E-state index >= 15 is 0 Å². The number of hydrogen-bond donors (Lipinski definition) is 2. The zero-order valence-electron chi connectivity index (χ0n) is 13.2. The molecule has 2 aromatic carbocycles. The van der Waals surface area contributed by atoms with Crippen LogP contribution >= 0.6 is 11.6 Å². The minimum Gasteiger partial charge on any atom is -0.378 e. The van der Waals surface area contributed by atoms with Gasteiger partial charge in [-0.25, -0.2) is 0 Å². The van der Waals surface area contributed by atoms with Gasteiger partial charge < -0.3 is 15.5 Å². The topological polar surface area (TPSA) is 61.4 Å². The molecule has 0 radical (unpaired) electrons. The highest BCUT2D eigenvalue weighted by atomic mass is 35.5. The van der Waals surface area contributed by atoms with Gasteiger partial charge in [-0.15, -0.1) is 0 Å². The number of halogens is 1. The Hall–Kier alpha value is -2.53. The van der Waals surface area contributed by atoms with E-state index < -0.39 is 11.8 Å². The predicted molar refractivity (Wildman–Crippen MR) is 94.2 cm³/mol. The molecule has 6 heteroatoms. The summed E-state index contributed by atoms with van der Waals surface area (Å²) >= 11 is 5.87. The first-order valence-electron chi connectivity index (χ1n) is 7.02. The van der Waals surface area contributed by atoms with E-state index in [0.29, 0.717) is 16.4 Å². The van der Waals surface area contributed by atoms with Crippen molar-refractivity contribution in [3.63, 3.8) is 0 Å². The number of carbonyl (C=O) groups is 2. The van der Waals surface area contributed by atoms with Crippen LogP contribution in [-0.2, 0) is 9.59 Å². The fourth-order valence-electron chi connectivity index (χ4n) is 2.00. The van der Waals surface area contributed by atoms with Crippen molar-refractivity contribution in [1.29, 1.82) is 0 Å². The number of anilines is 3. The lowest BCUT2D eigenvalue weighted by atomic mass is 10.2. The van der Waals surface area contributed by atoms with Gasteiger partial charge in [-0.3, -0.25) is 9.59 Å². The molecule has 2 rings (SSSR count). The second-order valence-electron chi connectivity index (χ2n) is 5.31. The monoisotopic (exact) mass is 331 g/mol. The number of hydrogen-bond acceptors (Lipinski definition) is 3. The Morgan fingerprint density at radius 3 is 2.35 bits per heavy atom. The Kier molecular flexibility index (Phi) is 5.24. The normalized spacial score (nSPS) is 10.1. The first-order valence-corrected chi connectivity index (χ1v) is 7.40. The molecule has 0 atom stereocenters. The van der Waals surface area contributed by atoms with Gasteiger partial charge in [0.05, 0.1) is 0 Å². The Bertz CT molecular complexity index is 744. The van der Waals surface area contributed by atoms with Crippen LogP contribution in [0.4, 0.5) is 17.1 Å². The van der Waals surface area contributed by atoms with Crippen LogP contribution in [-0.4, -0.2) is 25.9 Å². The third kappa shape index (κ3) is 4.47. The molecule has 0 saturated carbocycles. The summed E-state index contributed by atoms with van der Waals surface area (Å²) < 4.78 is 0. The largest absolute Gasteiger partial charge is 0.378 e. The van der Waals surface area contributed by atoms with E-state index in [2.05, 4.69) is 10.6 Å². The lowest BCUT2D eigenvalue weighted by molar-refractivity contribution is -0.133. The summed E-state index contributed by atoms with van der Waals surface area (Å²) in [6.07, 6.45) is 0. The summed E-state index contributed by atoms with van der Waals surface area (Å²) in [6, 6.07) is 12.3. The van der Waals surface area contributed by atoms with Gasteiger partial charge in [0.2, 0.25) is 0 Å². The Balaban J connectivity index is 2.05. The van der Waals surface area contributed by atoms with Gasteiger partial charge in [0.1, 0.15) is 0 Å². The highest BCUT2D eigenvalue weighted by molar-refractivity contribution is 6.43. The van der Waals surface area contributed by atoms with Crippen LogP contribution in [0.1, 0.15) is 5.56 Å². The minimum absolute atomic E-state index is 0.552. The number of amides is 2. The van der Waals surface area contributed by atoms with Gasteiger partial charge in [0.15, 0.2) is 0 Å². The predicted octanol–water partition coefficient (Wildman–Crippen LogP) is 3.29. The maximum atomic E-state index is 12.0. The molecule has 120 valence electrons. The fourth-order valence-corrected chi connectivity index (χ4v) is 2.22. The summed E-state index contributed by atoms with van der Waals surface area (Å²) in [5, 5.41) is 5.73. The van der Waals surface area contributed by atoms with Crippen molar-refractivity contribution in [3.05, 3.63) is 53.1 Å². The molecule has 2 amide bonds. The maximum Gasteiger partial charge on any atom is 0.314 e. The van der Waals surface area contributed by atoms with E-state index in [1.165, 1.54) is 0 Å². The number of aryl methyl sites for hydroxylation is 1. The van der Waals surface area contributed by atoms with E-state index in [1.807, 2.05) is 31.1 Å². The lowest BCUT2D eigenvalue weighted by Crippen LogP contribution is -2.29. The van der Waals surface area contributed by atoms with Gasteiger partial charge >= 0.3 is 11.8 Å².